The van der Waals surface area contributed by atoms with E-state index in [4.69, 9.17) is 5.73 Å². The van der Waals surface area contributed by atoms with Crippen LogP contribution in [-0.2, 0) is 0 Å². The smallest absolute Gasteiger partial charge is 0.274 e. The Morgan fingerprint density at radius 3 is 3.09 bits per heavy atom. The zero-order valence-electron chi connectivity index (χ0n) is 12.5. The molecule has 22 heavy (non-hydrogen) atoms. The summed E-state index contributed by atoms with van der Waals surface area (Å²) in [4.78, 5) is 15.5. The van der Waals surface area contributed by atoms with Crippen molar-refractivity contribution in [1.29, 1.82) is 0 Å². The molecule has 3 rings (SSSR count). The summed E-state index contributed by atoms with van der Waals surface area (Å²) in [6, 6.07) is 5.96. The molecule has 1 aliphatic heterocycles. The lowest BCUT2D eigenvalue weighted by Crippen LogP contribution is -2.45. The van der Waals surface area contributed by atoms with Gasteiger partial charge in [-0.3, -0.25) is 9.89 Å². The van der Waals surface area contributed by atoms with E-state index in [-0.39, 0.29) is 24.4 Å². The minimum absolute atomic E-state index is 0. The number of aromatic nitrogens is 2. The second-order valence-electron chi connectivity index (χ2n) is 5.66. The van der Waals surface area contributed by atoms with Crippen LogP contribution in [0.4, 0.5) is 0 Å². The summed E-state index contributed by atoms with van der Waals surface area (Å²) < 4.78 is 0. The van der Waals surface area contributed by atoms with Crippen LogP contribution in [0.25, 0.3) is 10.6 Å². The highest BCUT2D eigenvalue weighted by molar-refractivity contribution is 7.13. The van der Waals surface area contributed by atoms with Gasteiger partial charge in [-0.15, -0.1) is 23.7 Å². The van der Waals surface area contributed by atoms with E-state index in [0.29, 0.717) is 11.6 Å². The number of carbonyl (C=O) groups is 1. The van der Waals surface area contributed by atoms with Crippen LogP contribution in [-0.4, -0.2) is 40.1 Å². The Kier molecular flexibility index (Phi) is 5.61. The molecule has 2 unspecified atom stereocenters. The van der Waals surface area contributed by atoms with Gasteiger partial charge in [0.2, 0.25) is 0 Å². The van der Waals surface area contributed by atoms with Crippen LogP contribution in [0.5, 0.6) is 0 Å². The normalized spacial score (nSPS) is 19.5. The van der Waals surface area contributed by atoms with Crippen LogP contribution in [0.15, 0.2) is 23.6 Å². The zero-order valence-corrected chi connectivity index (χ0v) is 14.1. The van der Waals surface area contributed by atoms with Gasteiger partial charge >= 0.3 is 0 Å². The zero-order chi connectivity index (χ0) is 14.8. The maximum Gasteiger partial charge on any atom is 0.274 e. The minimum Gasteiger partial charge on any atom is -0.337 e. The summed E-state index contributed by atoms with van der Waals surface area (Å²) >= 11 is 1.63. The fraction of sp³-hybridized carbons (Fsp3) is 0.467. The lowest BCUT2D eigenvalue weighted by molar-refractivity contribution is 0.0655. The van der Waals surface area contributed by atoms with E-state index in [1.54, 1.807) is 11.3 Å². The van der Waals surface area contributed by atoms with Crippen molar-refractivity contribution in [1.82, 2.24) is 15.1 Å². The lowest BCUT2D eigenvalue weighted by atomic mass is 9.92. The number of nitrogens with two attached hydrogens (primary N) is 1. The highest BCUT2D eigenvalue weighted by Crippen LogP contribution is 2.24. The molecule has 3 N–H and O–H groups in total. The molecule has 0 bridgehead atoms. The van der Waals surface area contributed by atoms with Gasteiger partial charge in [0.15, 0.2) is 5.69 Å². The van der Waals surface area contributed by atoms with Crippen LogP contribution in [0.3, 0.4) is 0 Å². The third kappa shape index (κ3) is 3.51. The van der Waals surface area contributed by atoms with E-state index >= 15 is 0 Å². The number of nitrogens with zero attached hydrogens (tertiary/aromatic N) is 2. The number of carbonyl (C=O) groups excluding carboxylic acids is 1. The molecule has 1 fully saturated rings. The third-order valence-corrected chi connectivity index (χ3v) is 4.98. The molecule has 5 nitrogen and oxygen atoms in total. The molecule has 2 aromatic rings. The van der Waals surface area contributed by atoms with Crippen LogP contribution in [0.1, 0.15) is 30.3 Å². The number of aromatic amines is 1. The van der Waals surface area contributed by atoms with Crippen molar-refractivity contribution in [3.05, 3.63) is 29.3 Å². The first-order valence-electron chi connectivity index (χ1n) is 7.29. The quantitative estimate of drug-likeness (QED) is 0.902. The molecular formula is C15H21ClN4OS. The Morgan fingerprint density at radius 1 is 1.59 bits per heavy atom. The van der Waals surface area contributed by atoms with E-state index in [2.05, 4.69) is 10.2 Å². The highest BCUT2D eigenvalue weighted by atomic mass is 35.5. The molecule has 3 heterocycles. The maximum absolute atomic E-state index is 12.6. The van der Waals surface area contributed by atoms with Gasteiger partial charge in [0, 0.05) is 19.1 Å². The number of hydrogen-bond donors (Lipinski definition) is 2. The molecular weight excluding hydrogens is 320 g/mol. The largest absolute Gasteiger partial charge is 0.337 e. The Bertz CT molecular complexity index is 611. The topological polar surface area (TPSA) is 75.0 Å². The van der Waals surface area contributed by atoms with Gasteiger partial charge in [0.25, 0.3) is 5.91 Å². The Labute approximate surface area is 140 Å². The molecule has 2 aromatic heterocycles. The molecule has 0 spiro atoms. The molecule has 0 aliphatic carbocycles. The van der Waals surface area contributed by atoms with Crippen LogP contribution >= 0.6 is 23.7 Å². The van der Waals surface area contributed by atoms with Crippen molar-refractivity contribution < 1.29 is 4.79 Å². The first kappa shape index (κ1) is 17.0. The Balaban J connectivity index is 0.00000176. The molecule has 0 aromatic carbocycles. The Hall–Kier alpha value is -1.37. The molecule has 0 saturated carbocycles. The molecule has 120 valence electrons. The number of hydrogen-bond acceptors (Lipinski definition) is 4. The number of likely N-dealkylation sites (tertiary alicyclic amines) is 1. The molecule has 7 heteroatoms. The van der Waals surface area contributed by atoms with Crippen LogP contribution in [0.2, 0.25) is 0 Å². The second-order valence-corrected chi connectivity index (χ2v) is 6.60. The first-order chi connectivity index (χ1) is 10.1. The molecule has 1 aliphatic rings. The van der Waals surface area contributed by atoms with Gasteiger partial charge < -0.3 is 10.6 Å². The number of amides is 1. The summed E-state index contributed by atoms with van der Waals surface area (Å²) in [6.45, 7) is 3.54. The number of thiophene rings is 1. The van der Waals surface area contributed by atoms with Crippen LogP contribution < -0.4 is 5.73 Å². The predicted octanol–water partition coefficient (Wildman–Crippen LogP) is 2.76. The van der Waals surface area contributed by atoms with Gasteiger partial charge in [-0.25, -0.2) is 0 Å². The van der Waals surface area contributed by atoms with Crippen LogP contribution in [0, 0.1) is 5.92 Å². The second kappa shape index (κ2) is 7.26. The highest BCUT2D eigenvalue weighted by Gasteiger charge is 2.27. The molecule has 2 atom stereocenters. The van der Waals surface area contributed by atoms with Crippen molar-refractivity contribution in [2.75, 3.05) is 13.1 Å². The van der Waals surface area contributed by atoms with Gasteiger partial charge in [-0.05, 0) is 43.2 Å². The number of H-pyrrole nitrogens is 1. The summed E-state index contributed by atoms with van der Waals surface area (Å²) in [7, 11) is 0. The van der Waals surface area contributed by atoms with Crippen molar-refractivity contribution in [3.8, 4) is 10.6 Å². The first-order valence-corrected chi connectivity index (χ1v) is 8.17. The van der Waals surface area contributed by atoms with Crippen molar-refractivity contribution >= 4 is 29.7 Å². The summed E-state index contributed by atoms with van der Waals surface area (Å²) in [5.74, 6) is 0.387. The summed E-state index contributed by atoms with van der Waals surface area (Å²) in [5.41, 5.74) is 7.36. The van der Waals surface area contributed by atoms with Gasteiger partial charge in [-0.2, -0.15) is 5.10 Å². The number of piperidine rings is 1. The van der Waals surface area contributed by atoms with Gasteiger partial charge in [0.1, 0.15) is 0 Å². The van der Waals surface area contributed by atoms with E-state index in [9.17, 15) is 4.79 Å². The van der Waals surface area contributed by atoms with E-state index < -0.39 is 0 Å². The lowest BCUT2D eigenvalue weighted by Gasteiger charge is -2.34. The monoisotopic (exact) mass is 340 g/mol. The molecule has 0 radical (unpaired) electrons. The fourth-order valence-corrected chi connectivity index (χ4v) is 3.47. The average molecular weight is 341 g/mol. The minimum atomic E-state index is -0.000550. The SMILES string of the molecule is CC(N)C1CCCN(C(=O)c2cc(-c3cccs3)[nH]n2)C1.Cl. The Morgan fingerprint density at radius 2 is 2.41 bits per heavy atom. The van der Waals surface area contributed by atoms with Crippen molar-refractivity contribution in [3.63, 3.8) is 0 Å². The van der Waals surface area contributed by atoms with E-state index in [1.165, 1.54) is 0 Å². The predicted molar refractivity (Wildman–Crippen MR) is 91.4 cm³/mol. The van der Waals surface area contributed by atoms with Crippen molar-refractivity contribution in [2.45, 2.75) is 25.8 Å². The fourth-order valence-electron chi connectivity index (χ4n) is 2.77. The van der Waals surface area contributed by atoms with E-state index in [1.807, 2.05) is 35.4 Å². The van der Waals surface area contributed by atoms with Crippen molar-refractivity contribution in [2.24, 2.45) is 11.7 Å². The summed E-state index contributed by atoms with van der Waals surface area (Å²) in [5, 5.41) is 9.14. The van der Waals surface area contributed by atoms with Gasteiger partial charge in [-0.1, -0.05) is 6.07 Å². The summed E-state index contributed by atoms with van der Waals surface area (Å²) in [6.07, 6.45) is 2.11. The number of halogens is 1. The average Bonchev–Trinajstić information content (AvgIpc) is 3.17. The maximum atomic E-state index is 12.6. The number of rotatable bonds is 3. The van der Waals surface area contributed by atoms with Gasteiger partial charge in [0.05, 0.1) is 10.6 Å². The molecule has 1 amide bonds. The standard InChI is InChI=1S/C15H20N4OS.ClH/c1-10(16)11-4-2-6-19(9-11)15(20)13-8-12(17-18-13)14-5-3-7-21-14;/h3,5,7-8,10-11H,2,4,6,9,16H2,1H3,(H,17,18);1H. The molecule has 1 saturated heterocycles. The van der Waals surface area contributed by atoms with E-state index in [0.717, 1.165) is 36.5 Å². The third-order valence-electron chi connectivity index (χ3n) is 4.07. The number of nitrogens with one attached hydrogen (secondary N) is 1.